The van der Waals surface area contributed by atoms with Crippen LogP contribution in [0.25, 0.3) is 0 Å². The maximum absolute atomic E-state index is 12.2. The van der Waals surface area contributed by atoms with E-state index >= 15 is 0 Å². The molecule has 1 N–H and O–H groups in total. The average Bonchev–Trinajstić information content (AvgIpc) is 2.86. The molecule has 1 atom stereocenters. The largest absolute Gasteiger partial charge is 0.338 e. The zero-order valence-electron chi connectivity index (χ0n) is 9.93. The Balaban J connectivity index is 2.11. The van der Waals surface area contributed by atoms with Crippen molar-refractivity contribution in [1.29, 1.82) is 0 Å². The lowest BCUT2D eigenvalue weighted by Crippen LogP contribution is -2.48. The monoisotopic (exact) mass is 235 g/mol. The Kier molecular flexibility index (Phi) is 3.58. The predicted octanol–water partition coefficient (Wildman–Crippen LogP) is 0.293. The second-order valence-electron chi connectivity index (χ2n) is 4.21. The van der Waals surface area contributed by atoms with Crippen molar-refractivity contribution in [2.75, 3.05) is 26.2 Å². The van der Waals surface area contributed by atoms with E-state index in [9.17, 15) is 9.59 Å². The van der Waals surface area contributed by atoms with E-state index in [1.54, 1.807) is 22.9 Å². The second kappa shape index (κ2) is 5.14. The summed E-state index contributed by atoms with van der Waals surface area (Å²) in [4.78, 5) is 24.9. The van der Waals surface area contributed by atoms with Crippen LogP contribution in [0.15, 0.2) is 18.3 Å². The first-order valence-electron chi connectivity index (χ1n) is 5.85. The van der Waals surface area contributed by atoms with Gasteiger partial charge in [-0.2, -0.15) is 0 Å². The molecule has 0 aliphatic carbocycles. The summed E-state index contributed by atoms with van der Waals surface area (Å²) in [5.41, 5.74) is 0.543. The van der Waals surface area contributed by atoms with Crippen LogP contribution in [0.1, 0.15) is 23.5 Å². The van der Waals surface area contributed by atoms with Gasteiger partial charge in [-0.05, 0) is 19.1 Å². The summed E-state index contributed by atoms with van der Waals surface area (Å²) in [6, 6.07) is 3.18. The molecule has 1 aromatic rings. The van der Waals surface area contributed by atoms with Crippen LogP contribution in [-0.2, 0) is 4.79 Å². The van der Waals surface area contributed by atoms with Gasteiger partial charge >= 0.3 is 0 Å². The minimum atomic E-state index is -0.316. The molecular formula is C12H17N3O2. The molecule has 1 aliphatic rings. The molecule has 0 saturated carbocycles. The number of piperazine rings is 1. The van der Waals surface area contributed by atoms with E-state index in [1.165, 1.54) is 0 Å². The van der Waals surface area contributed by atoms with Crippen molar-refractivity contribution in [3.63, 3.8) is 0 Å². The molecule has 0 spiro atoms. The van der Waals surface area contributed by atoms with Crippen molar-refractivity contribution in [1.82, 2.24) is 14.8 Å². The average molecular weight is 235 g/mol. The lowest BCUT2D eigenvalue weighted by atomic mass is 10.2. The van der Waals surface area contributed by atoms with Crippen molar-refractivity contribution in [2.24, 2.45) is 0 Å². The number of carbonyl (C=O) groups excluding carboxylic acids is 2. The van der Waals surface area contributed by atoms with Gasteiger partial charge in [0.05, 0.1) is 5.69 Å². The van der Waals surface area contributed by atoms with Crippen LogP contribution in [0.4, 0.5) is 0 Å². The van der Waals surface area contributed by atoms with Gasteiger partial charge in [-0.1, -0.05) is 0 Å². The predicted molar refractivity (Wildman–Crippen MR) is 64.0 cm³/mol. The number of carbonyl (C=O) groups is 2. The van der Waals surface area contributed by atoms with E-state index in [0.717, 1.165) is 32.5 Å². The van der Waals surface area contributed by atoms with Gasteiger partial charge in [-0.3, -0.25) is 9.59 Å². The lowest BCUT2D eigenvalue weighted by molar-refractivity contribution is -0.134. The smallest absolute Gasteiger partial charge is 0.245 e. The molecule has 2 heterocycles. The summed E-state index contributed by atoms with van der Waals surface area (Å²) in [5.74, 6) is 0.0748. The summed E-state index contributed by atoms with van der Waals surface area (Å²) in [7, 11) is 0. The van der Waals surface area contributed by atoms with Crippen LogP contribution in [0.2, 0.25) is 0 Å². The Bertz CT molecular complexity index is 408. The molecule has 0 aromatic carbocycles. The molecule has 1 aliphatic heterocycles. The minimum absolute atomic E-state index is 0.0748. The van der Waals surface area contributed by atoms with Gasteiger partial charge in [0.15, 0.2) is 6.29 Å². The van der Waals surface area contributed by atoms with E-state index in [1.807, 2.05) is 11.8 Å². The molecule has 0 bridgehead atoms. The van der Waals surface area contributed by atoms with Crippen LogP contribution >= 0.6 is 0 Å². The maximum atomic E-state index is 12.2. The highest BCUT2D eigenvalue weighted by atomic mass is 16.2. The topological polar surface area (TPSA) is 54.3 Å². The Morgan fingerprint density at radius 1 is 1.47 bits per heavy atom. The summed E-state index contributed by atoms with van der Waals surface area (Å²) in [6.45, 7) is 4.98. The van der Waals surface area contributed by atoms with Crippen LogP contribution in [0, 0.1) is 0 Å². The molecule has 5 nitrogen and oxygen atoms in total. The van der Waals surface area contributed by atoms with E-state index in [0.29, 0.717) is 5.69 Å². The summed E-state index contributed by atoms with van der Waals surface area (Å²) < 4.78 is 1.72. The van der Waals surface area contributed by atoms with Gasteiger partial charge in [0.1, 0.15) is 6.04 Å². The molecular weight excluding hydrogens is 218 g/mol. The Labute approximate surface area is 100 Å². The molecule has 17 heavy (non-hydrogen) atoms. The third-order valence-corrected chi connectivity index (χ3v) is 3.14. The van der Waals surface area contributed by atoms with Crippen LogP contribution in [0.5, 0.6) is 0 Å². The molecule has 1 saturated heterocycles. The Morgan fingerprint density at radius 2 is 2.18 bits per heavy atom. The first-order chi connectivity index (χ1) is 8.24. The van der Waals surface area contributed by atoms with Crippen LogP contribution < -0.4 is 5.32 Å². The Hall–Kier alpha value is -1.62. The summed E-state index contributed by atoms with van der Waals surface area (Å²) >= 11 is 0. The van der Waals surface area contributed by atoms with Gasteiger partial charge in [0.25, 0.3) is 0 Å². The SMILES string of the molecule is CC(C(=O)N1CCNCC1)n1cccc1C=O. The molecule has 1 fully saturated rings. The molecule has 0 radical (unpaired) electrons. The van der Waals surface area contributed by atoms with E-state index in [4.69, 9.17) is 0 Å². The van der Waals surface area contributed by atoms with Crippen molar-refractivity contribution in [3.8, 4) is 0 Å². The first kappa shape index (κ1) is 11.9. The highest BCUT2D eigenvalue weighted by molar-refractivity contribution is 5.82. The number of aldehydes is 1. The number of hydrogen-bond acceptors (Lipinski definition) is 3. The minimum Gasteiger partial charge on any atom is -0.338 e. The standard InChI is InChI=1S/C12H17N3O2/c1-10(15-6-2-3-11(15)9-16)12(17)14-7-4-13-5-8-14/h2-3,6,9-10,13H,4-5,7-8H2,1H3. The van der Waals surface area contributed by atoms with Crippen LogP contribution in [-0.4, -0.2) is 47.8 Å². The molecule has 2 rings (SSSR count). The van der Waals surface area contributed by atoms with Gasteiger partial charge in [-0.25, -0.2) is 0 Å². The van der Waals surface area contributed by atoms with Crippen molar-refractivity contribution in [3.05, 3.63) is 24.0 Å². The highest BCUT2D eigenvalue weighted by Crippen LogP contribution is 2.13. The fourth-order valence-corrected chi connectivity index (χ4v) is 2.13. The quantitative estimate of drug-likeness (QED) is 0.766. The molecule has 1 unspecified atom stereocenters. The van der Waals surface area contributed by atoms with Crippen molar-refractivity contribution >= 4 is 12.2 Å². The molecule has 5 heteroatoms. The summed E-state index contributed by atoms with van der Waals surface area (Å²) in [6.07, 6.45) is 2.55. The second-order valence-corrected chi connectivity index (χ2v) is 4.21. The number of aromatic nitrogens is 1. The highest BCUT2D eigenvalue weighted by Gasteiger charge is 2.23. The van der Waals surface area contributed by atoms with E-state index in [-0.39, 0.29) is 11.9 Å². The van der Waals surface area contributed by atoms with Gasteiger partial charge in [-0.15, -0.1) is 0 Å². The van der Waals surface area contributed by atoms with Gasteiger partial charge < -0.3 is 14.8 Å². The number of nitrogens with zero attached hydrogens (tertiary/aromatic N) is 2. The number of amides is 1. The number of rotatable bonds is 3. The number of hydrogen-bond donors (Lipinski definition) is 1. The van der Waals surface area contributed by atoms with Gasteiger partial charge in [0, 0.05) is 32.4 Å². The lowest BCUT2D eigenvalue weighted by Gasteiger charge is -2.30. The zero-order chi connectivity index (χ0) is 12.3. The fourth-order valence-electron chi connectivity index (χ4n) is 2.13. The van der Waals surface area contributed by atoms with Crippen LogP contribution in [0.3, 0.4) is 0 Å². The van der Waals surface area contributed by atoms with E-state index < -0.39 is 0 Å². The molecule has 1 amide bonds. The molecule has 92 valence electrons. The third kappa shape index (κ3) is 2.39. The first-order valence-corrected chi connectivity index (χ1v) is 5.85. The van der Waals surface area contributed by atoms with Crippen molar-refractivity contribution in [2.45, 2.75) is 13.0 Å². The zero-order valence-corrected chi connectivity index (χ0v) is 9.93. The molecule has 1 aromatic heterocycles. The van der Waals surface area contributed by atoms with E-state index in [2.05, 4.69) is 5.32 Å². The van der Waals surface area contributed by atoms with Gasteiger partial charge in [0.2, 0.25) is 5.91 Å². The Morgan fingerprint density at radius 3 is 2.82 bits per heavy atom. The summed E-state index contributed by atoms with van der Waals surface area (Å²) in [5, 5.41) is 3.21. The fraction of sp³-hybridized carbons (Fsp3) is 0.500. The normalized spacial score (nSPS) is 17.8. The maximum Gasteiger partial charge on any atom is 0.245 e. The van der Waals surface area contributed by atoms with Crippen molar-refractivity contribution < 1.29 is 9.59 Å². The third-order valence-electron chi connectivity index (χ3n) is 3.14. The number of nitrogens with one attached hydrogen (secondary N) is 1.